The molecule has 0 bridgehead atoms. The predicted molar refractivity (Wildman–Crippen MR) is 108 cm³/mol. The molecule has 1 aliphatic heterocycles. The Bertz CT molecular complexity index is 814. The van der Waals surface area contributed by atoms with Crippen LogP contribution in [0.4, 0.5) is 13.2 Å². The van der Waals surface area contributed by atoms with Gasteiger partial charge >= 0.3 is 0 Å². The quantitative estimate of drug-likeness (QED) is 0.482. The van der Waals surface area contributed by atoms with E-state index in [0.29, 0.717) is 25.2 Å². The maximum absolute atomic E-state index is 14.8. The average Bonchev–Trinajstić information content (AvgIpc) is 2.74. The van der Waals surface area contributed by atoms with Crippen LogP contribution in [0.2, 0.25) is 0 Å². The van der Waals surface area contributed by atoms with Crippen molar-refractivity contribution in [1.29, 1.82) is 0 Å². The second kappa shape index (κ2) is 10.3. The van der Waals surface area contributed by atoms with Crippen LogP contribution < -0.4 is 0 Å². The van der Waals surface area contributed by atoms with E-state index in [2.05, 4.69) is 0 Å². The van der Waals surface area contributed by atoms with Crippen LogP contribution in [0.15, 0.2) is 30.3 Å². The zero-order valence-electron chi connectivity index (χ0n) is 17.1. The van der Waals surface area contributed by atoms with Crippen LogP contribution in [0.25, 0.3) is 11.1 Å². The maximum Gasteiger partial charge on any atom is 0.167 e. The van der Waals surface area contributed by atoms with E-state index >= 15 is 0 Å². The Labute approximate surface area is 171 Å². The lowest BCUT2D eigenvalue weighted by molar-refractivity contribution is -0.167. The predicted octanol–water partition coefficient (Wildman–Crippen LogP) is 6.76. The summed E-state index contributed by atoms with van der Waals surface area (Å²) in [5, 5.41) is 0. The van der Waals surface area contributed by atoms with Crippen LogP contribution >= 0.6 is 0 Å². The highest BCUT2D eigenvalue weighted by Crippen LogP contribution is 2.34. The van der Waals surface area contributed by atoms with Crippen molar-refractivity contribution in [3.63, 3.8) is 0 Å². The zero-order valence-corrected chi connectivity index (χ0v) is 17.1. The first kappa shape index (κ1) is 21.8. The van der Waals surface area contributed by atoms with Gasteiger partial charge in [0.1, 0.15) is 5.82 Å². The van der Waals surface area contributed by atoms with Gasteiger partial charge in [0, 0.05) is 23.7 Å². The van der Waals surface area contributed by atoms with Gasteiger partial charge in [0.05, 0.1) is 6.61 Å². The summed E-state index contributed by atoms with van der Waals surface area (Å²) >= 11 is 0. The van der Waals surface area contributed by atoms with Crippen molar-refractivity contribution in [3.8, 4) is 11.1 Å². The first-order valence-electron chi connectivity index (χ1n) is 10.5. The van der Waals surface area contributed by atoms with Gasteiger partial charge in [0.25, 0.3) is 0 Å². The minimum atomic E-state index is -0.984. The van der Waals surface area contributed by atoms with E-state index in [1.165, 1.54) is 18.2 Å². The minimum Gasteiger partial charge on any atom is -0.353 e. The summed E-state index contributed by atoms with van der Waals surface area (Å²) < 4.78 is 55.1. The maximum atomic E-state index is 14.8. The summed E-state index contributed by atoms with van der Waals surface area (Å²) in [7, 11) is 0. The van der Waals surface area contributed by atoms with Gasteiger partial charge in [-0.25, -0.2) is 13.2 Å². The number of halogens is 3. The van der Waals surface area contributed by atoms with Crippen molar-refractivity contribution in [1.82, 2.24) is 0 Å². The van der Waals surface area contributed by atoms with Crippen LogP contribution in [0.5, 0.6) is 0 Å². The van der Waals surface area contributed by atoms with Gasteiger partial charge in [-0.3, -0.25) is 0 Å². The second-order valence-corrected chi connectivity index (χ2v) is 7.65. The van der Waals surface area contributed by atoms with Gasteiger partial charge < -0.3 is 9.47 Å². The second-order valence-electron chi connectivity index (χ2n) is 7.65. The van der Waals surface area contributed by atoms with Crippen LogP contribution in [0.1, 0.15) is 63.0 Å². The highest BCUT2D eigenvalue weighted by atomic mass is 19.2. The molecular weight excluding hydrogens is 377 g/mol. The van der Waals surface area contributed by atoms with Crippen LogP contribution in [-0.4, -0.2) is 19.5 Å². The third-order valence-electron chi connectivity index (χ3n) is 5.46. The molecule has 0 aliphatic carbocycles. The molecule has 1 heterocycles. The molecule has 0 spiro atoms. The summed E-state index contributed by atoms with van der Waals surface area (Å²) in [6.45, 7) is 5.17. The molecule has 2 aromatic rings. The molecule has 1 saturated heterocycles. The monoisotopic (exact) mass is 406 g/mol. The molecule has 1 aliphatic rings. The lowest BCUT2D eigenvalue weighted by atomic mass is 9.91. The highest BCUT2D eigenvalue weighted by Gasteiger charge is 2.24. The molecule has 5 heteroatoms. The van der Waals surface area contributed by atoms with Gasteiger partial charge in [-0.1, -0.05) is 44.5 Å². The van der Waals surface area contributed by atoms with Gasteiger partial charge in [0.2, 0.25) is 0 Å². The number of benzene rings is 2. The van der Waals surface area contributed by atoms with Gasteiger partial charge in [-0.15, -0.1) is 0 Å². The van der Waals surface area contributed by atoms with Crippen molar-refractivity contribution in [2.45, 2.75) is 64.6 Å². The molecule has 0 saturated carbocycles. The normalized spacial score (nSPS) is 19.5. The number of hydrogen-bond donors (Lipinski definition) is 0. The number of ether oxygens (including phenoxy) is 2. The molecule has 158 valence electrons. The fourth-order valence-corrected chi connectivity index (χ4v) is 3.73. The molecule has 2 unspecified atom stereocenters. The average molecular weight is 406 g/mol. The molecule has 2 atom stereocenters. The van der Waals surface area contributed by atoms with Crippen molar-refractivity contribution in [2.75, 3.05) is 13.2 Å². The van der Waals surface area contributed by atoms with Crippen LogP contribution in [-0.2, 0) is 15.9 Å². The molecule has 0 N–H and O–H groups in total. The van der Waals surface area contributed by atoms with E-state index in [-0.39, 0.29) is 23.3 Å². The Balaban J connectivity index is 1.74. The Kier molecular flexibility index (Phi) is 7.73. The Morgan fingerprint density at radius 2 is 1.76 bits per heavy atom. The van der Waals surface area contributed by atoms with Crippen molar-refractivity contribution >= 4 is 0 Å². The fourth-order valence-electron chi connectivity index (χ4n) is 3.73. The molecule has 2 nitrogen and oxygen atoms in total. The zero-order chi connectivity index (χ0) is 20.8. The standard InChI is InChI=1S/C24H29F3O2/c1-3-5-6-16-7-11-20(24(27)23(16)26)19-10-8-17(14-21(19)25)18-9-12-22(29-15-18)28-13-4-2/h7-8,10-11,14,18,22H,3-6,9,12-13,15H2,1-2H3. The van der Waals surface area contributed by atoms with Crippen molar-refractivity contribution < 1.29 is 22.6 Å². The van der Waals surface area contributed by atoms with E-state index in [0.717, 1.165) is 37.7 Å². The Morgan fingerprint density at radius 1 is 0.966 bits per heavy atom. The minimum absolute atomic E-state index is 0.0419. The molecule has 0 amide bonds. The topological polar surface area (TPSA) is 18.5 Å². The molecule has 3 rings (SSSR count). The summed E-state index contributed by atoms with van der Waals surface area (Å²) in [6.07, 6.45) is 4.49. The number of aryl methyl sites for hydroxylation is 1. The molecular formula is C24H29F3O2. The smallest absolute Gasteiger partial charge is 0.167 e. The van der Waals surface area contributed by atoms with E-state index in [1.807, 2.05) is 13.8 Å². The molecule has 0 aromatic heterocycles. The lowest BCUT2D eigenvalue weighted by Crippen LogP contribution is -2.27. The molecule has 2 aromatic carbocycles. The molecule has 1 fully saturated rings. The SMILES string of the molecule is CCCCc1ccc(-c2ccc(C3CCC(OCCC)OC3)cc2F)c(F)c1F. The van der Waals surface area contributed by atoms with E-state index in [9.17, 15) is 13.2 Å². The Hall–Kier alpha value is -1.85. The van der Waals surface area contributed by atoms with Gasteiger partial charge in [-0.05, 0) is 49.3 Å². The van der Waals surface area contributed by atoms with Gasteiger partial charge in [0.15, 0.2) is 17.9 Å². The van der Waals surface area contributed by atoms with E-state index in [4.69, 9.17) is 9.47 Å². The van der Waals surface area contributed by atoms with Crippen LogP contribution in [0, 0.1) is 17.5 Å². The summed E-state index contributed by atoms with van der Waals surface area (Å²) in [5.74, 6) is -2.34. The van der Waals surface area contributed by atoms with Gasteiger partial charge in [-0.2, -0.15) is 0 Å². The van der Waals surface area contributed by atoms with Crippen LogP contribution in [0.3, 0.4) is 0 Å². The van der Waals surface area contributed by atoms with Crippen molar-refractivity contribution in [3.05, 3.63) is 58.9 Å². The van der Waals surface area contributed by atoms with Crippen molar-refractivity contribution in [2.24, 2.45) is 0 Å². The third-order valence-corrected chi connectivity index (χ3v) is 5.46. The molecule has 0 radical (unpaired) electrons. The number of rotatable bonds is 8. The Morgan fingerprint density at radius 3 is 2.41 bits per heavy atom. The molecule has 29 heavy (non-hydrogen) atoms. The third kappa shape index (κ3) is 5.20. The summed E-state index contributed by atoms with van der Waals surface area (Å²) in [6, 6.07) is 7.76. The fraction of sp³-hybridized carbons (Fsp3) is 0.500. The highest BCUT2D eigenvalue weighted by molar-refractivity contribution is 5.66. The number of hydrogen-bond acceptors (Lipinski definition) is 2. The summed E-state index contributed by atoms with van der Waals surface area (Å²) in [5.41, 5.74) is 1.18. The van der Waals surface area contributed by atoms with E-state index < -0.39 is 17.5 Å². The lowest BCUT2D eigenvalue weighted by Gasteiger charge is -2.29. The first-order valence-corrected chi connectivity index (χ1v) is 10.5. The summed E-state index contributed by atoms with van der Waals surface area (Å²) in [4.78, 5) is 0. The largest absolute Gasteiger partial charge is 0.353 e. The first-order chi connectivity index (χ1) is 14.0. The number of unbranched alkanes of at least 4 members (excludes halogenated alkanes) is 1. The van der Waals surface area contributed by atoms with E-state index in [1.54, 1.807) is 12.1 Å².